The van der Waals surface area contributed by atoms with Crippen LogP contribution in [0.15, 0.2) is 6.20 Å². The second-order valence-electron chi connectivity index (χ2n) is 2.74. The number of anilines is 2. The summed E-state index contributed by atoms with van der Waals surface area (Å²) in [5.74, 6) is 1.08. The van der Waals surface area contributed by atoms with Gasteiger partial charge >= 0.3 is 0 Å². The molecule has 0 saturated carbocycles. The van der Waals surface area contributed by atoms with E-state index < -0.39 is 0 Å². The first-order valence-corrected chi connectivity index (χ1v) is 4.27. The lowest BCUT2D eigenvalue weighted by molar-refractivity contribution is 0.825. The molecule has 1 heterocycles. The van der Waals surface area contributed by atoms with Gasteiger partial charge in [0.25, 0.3) is 0 Å². The van der Waals surface area contributed by atoms with E-state index in [4.69, 9.17) is 11.5 Å². The van der Waals surface area contributed by atoms with Crippen molar-refractivity contribution in [2.75, 3.05) is 24.6 Å². The van der Waals surface area contributed by atoms with E-state index in [0.29, 0.717) is 12.5 Å². The van der Waals surface area contributed by atoms with E-state index in [9.17, 15) is 0 Å². The molecule has 7 heteroatoms. The lowest BCUT2D eigenvalue weighted by Crippen LogP contribution is -2.06. The highest BCUT2D eigenvalue weighted by molar-refractivity contribution is 5.85. The van der Waals surface area contributed by atoms with Gasteiger partial charge in [-0.25, -0.2) is 4.98 Å². The van der Waals surface area contributed by atoms with Crippen LogP contribution in [0, 0.1) is 0 Å². The third kappa shape index (κ3) is 5.01. The predicted octanol–water partition coefficient (Wildman–Crippen LogP) is 0.835. The summed E-state index contributed by atoms with van der Waals surface area (Å²) < 4.78 is 0. The lowest BCUT2D eigenvalue weighted by atomic mass is 10.2. The van der Waals surface area contributed by atoms with Gasteiger partial charge in [-0.2, -0.15) is 4.98 Å². The summed E-state index contributed by atoms with van der Waals surface area (Å²) >= 11 is 0. The first kappa shape index (κ1) is 16.6. The highest BCUT2D eigenvalue weighted by Gasteiger charge is 2.02. The Labute approximate surface area is 102 Å². The van der Waals surface area contributed by atoms with Crippen LogP contribution in [-0.2, 0) is 6.42 Å². The monoisotopic (exact) mass is 253 g/mol. The van der Waals surface area contributed by atoms with E-state index in [-0.39, 0.29) is 24.8 Å². The summed E-state index contributed by atoms with van der Waals surface area (Å²) in [5, 5.41) is 2.97. The van der Waals surface area contributed by atoms with Crippen molar-refractivity contribution in [3.63, 3.8) is 0 Å². The zero-order chi connectivity index (χ0) is 9.68. The van der Waals surface area contributed by atoms with E-state index in [1.54, 1.807) is 6.20 Å². The van der Waals surface area contributed by atoms with Crippen LogP contribution in [0.25, 0.3) is 0 Å². The first-order valence-electron chi connectivity index (χ1n) is 4.27. The molecule has 0 aromatic carbocycles. The third-order valence-corrected chi connectivity index (χ3v) is 1.77. The molecule has 5 nitrogen and oxygen atoms in total. The van der Waals surface area contributed by atoms with Gasteiger partial charge in [-0.15, -0.1) is 24.8 Å². The van der Waals surface area contributed by atoms with E-state index in [2.05, 4.69) is 15.3 Å². The predicted molar refractivity (Wildman–Crippen MR) is 67.9 cm³/mol. The standard InChI is InChI=1S/C8H15N5.2ClH/c1-11-7-6(3-2-4-9)5-12-8(10)13-7;;/h5H,2-4,9H2,1H3,(H3,10,11,12,13);2*1H. The molecule has 88 valence electrons. The highest BCUT2D eigenvalue weighted by atomic mass is 35.5. The van der Waals surface area contributed by atoms with Gasteiger partial charge in [0.1, 0.15) is 5.82 Å². The van der Waals surface area contributed by atoms with Crippen molar-refractivity contribution in [1.82, 2.24) is 9.97 Å². The first-order chi connectivity index (χ1) is 6.27. The van der Waals surface area contributed by atoms with Crippen LogP contribution in [0.2, 0.25) is 0 Å². The molecule has 0 atom stereocenters. The van der Waals surface area contributed by atoms with Gasteiger partial charge in [-0.1, -0.05) is 0 Å². The van der Waals surface area contributed by atoms with Crippen LogP contribution >= 0.6 is 24.8 Å². The van der Waals surface area contributed by atoms with E-state index in [1.807, 2.05) is 7.05 Å². The maximum atomic E-state index is 5.44. The minimum absolute atomic E-state index is 0. The Morgan fingerprint density at radius 3 is 2.60 bits per heavy atom. The van der Waals surface area contributed by atoms with Crippen molar-refractivity contribution in [3.8, 4) is 0 Å². The average Bonchev–Trinajstić information content (AvgIpc) is 2.16. The van der Waals surface area contributed by atoms with Crippen LogP contribution in [0.5, 0.6) is 0 Å². The summed E-state index contributed by atoms with van der Waals surface area (Å²) in [5.41, 5.74) is 11.9. The molecule has 1 rings (SSSR count). The zero-order valence-corrected chi connectivity index (χ0v) is 10.2. The minimum Gasteiger partial charge on any atom is -0.373 e. The SMILES string of the molecule is CNc1nc(N)ncc1CCCN.Cl.Cl. The number of nitrogen functional groups attached to an aromatic ring is 1. The number of hydrogen-bond acceptors (Lipinski definition) is 5. The van der Waals surface area contributed by atoms with Crippen molar-refractivity contribution in [2.24, 2.45) is 5.73 Å². The smallest absolute Gasteiger partial charge is 0.221 e. The second-order valence-corrected chi connectivity index (χ2v) is 2.74. The molecular weight excluding hydrogens is 237 g/mol. The Hall–Kier alpha value is -0.780. The van der Waals surface area contributed by atoms with Crippen LogP contribution < -0.4 is 16.8 Å². The van der Waals surface area contributed by atoms with Gasteiger partial charge in [-0.05, 0) is 19.4 Å². The molecule has 0 bridgehead atoms. The molecule has 1 aromatic heterocycles. The number of nitrogens with zero attached hydrogens (tertiary/aromatic N) is 2. The number of halogens is 2. The van der Waals surface area contributed by atoms with E-state index in [0.717, 1.165) is 24.2 Å². The van der Waals surface area contributed by atoms with Gasteiger partial charge in [0.05, 0.1) is 0 Å². The van der Waals surface area contributed by atoms with Gasteiger partial charge in [0, 0.05) is 18.8 Å². The number of aryl methyl sites for hydroxylation is 1. The van der Waals surface area contributed by atoms with E-state index >= 15 is 0 Å². The molecule has 5 N–H and O–H groups in total. The molecule has 0 aliphatic carbocycles. The van der Waals surface area contributed by atoms with Crippen LogP contribution in [0.1, 0.15) is 12.0 Å². The topological polar surface area (TPSA) is 89.8 Å². The van der Waals surface area contributed by atoms with Crippen molar-refractivity contribution < 1.29 is 0 Å². The number of hydrogen-bond donors (Lipinski definition) is 3. The summed E-state index contributed by atoms with van der Waals surface area (Å²) in [4.78, 5) is 7.99. The van der Waals surface area contributed by atoms with Gasteiger partial charge in [0.2, 0.25) is 5.95 Å². The minimum atomic E-state index is 0. The third-order valence-electron chi connectivity index (χ3n) is 1.77. The molecule has 0 unspecified atom stereocenters. The zero-order valence-electron chi connectivity index (χ0n) is 8.56. The fourth-order valence-corrected chi connectivity index (χ4v) is 1.11. The molecule has 0 amide bonds. The number of aromatic nitrogens is 2. The summed E-state index contributed by atoms with van der Waals surface area (Å²) in [7, 11) is 1.81. The van der Waals surface area contributed by atoms with Crippen LogP contribution in [0.4, 0.5) is 11.8 Å². The Morgan fingerprint density at radius 1 is 1.40 bits per heavy atom. The fourth-order valence-electron chi connectivity index (χ4n) is 1.11. The number of nitrogens with two attached hydrogens (primary N) is 2. The Morgan fingerprint density at radius 2 is 2.07 bits per heavy atom. The van der Waals surface area contributed by atoms with Gasteiger partial charge in [0.15, 0.2) is 0 Å². The molecule has 0 fully saturated rings. The maximum Gasteiger partial charge on any atom is 0.221 e. The Balaban J connectivity index is 0. The Bertz CT molecular complexity index is 282. The van der Waals surface area contributed by atoms with Crippen molar-refractivity contribution in [1.29, 1.82) is 0 Å². The summed E-state index contributed by atoms with van der Waals surface area (Å²) in [6, 6.07) is 0. The summed E-state index contributed by atoms with van der Waals surface area (Å²) in [6.45, 7) is 0.674. The molecule has 0 aliphatic rings. The second kappa shape index (κ2) is 8.52. The largest absolute Gasteiger partial charge is 0.373 e. The molecule has 15 heavy (non-hydrogen) atoms. The molecule has 0 spiro atoms. The molecular formula is C8H17Cl2N5. The van der Waals surface area contributed by atoms with Gasteiger partial charge < -0.3 is 16.8 Å². The fraction of sp³-hybridized carbons (Fsp3) is 0.500. The quantitative estimate of drug-likeness (QED) is 0.740. The maximum absolute atomic E-state index is 5.44. The normalized spacial score (nSPS) is 8.67. The van der Waals surface area contributed by atoms with Crippen molar-refractivity contribution >= 4 is 36.6 Å². The molecule has 0 aliphatic heterocycles. The van der Waals surface area contributed by atoms with Crippen molar-refractivity contribution in [3.05, 3.63) is 11.8 Å². The number of nitrogens with one attached hydrogen (secondary N) is 1. The number of rotatable bonds is 4. The molecule has 1 aromatic rings. The lowest BCUT2D eigenvalue weighted by Gasteiger charge is -2.06. The molecule has 0 radical (unpaired) electrons. The van der Waals surface area contributed by atoms with Crippen LogP contribution in [0.3, 0.4) is 0 Å². The van der Waals surface area contributed by atoms with Crippen molar-refractivity contribution in [2.45, 2.75) is 12.8 Å². The van der Waals surface area contributed by atoms with Gasteiger partial charge in [-0.3, -0.25) is 0 Å². The van der Waals surface area contributed by atoms with Crippen LogP contribution in [-0.4, -0.2) is 23.6 Å². The van der Waals surface area contributed by atoms with E-state index in [1.165, 1.54) is 0 Å². The highest BCUT2D eigenvalue weighted by Crippen LogP contribution is 2.13. The average molecular weight is 254 g/mol. The Kier molecular flexibility index (Phi) is 9.46. The summed E-state index contributed by atoms with van der Waals surface area (Å²) in [6.07, 6.45) is 3.55. The molecule has 0 saturated heterocycles.